The molecule has 0 bridgehead atoms. The third-order valence-electron chi connectivity index (χ3n) is 4.12. The highest BCUT2D eigenvalue weighted by atomic mass is 16.6. The Labute approximate surface area is 116 Å². The topological polar surface area (TPSA) is 60.2 Å². The first-order valence-electron chi connectivity index (χ1n) is 6.79. The predicted octanol–water partition coefficient (Wildman–Crippen LogP) is 3.32. The quantitative estimate of drug-likeness (QED) is 0.620. The minimum Gasteiger partial charge on any atom is -0.300 e. The Morgan fingerprint density at radius 3 is 2.65 bits per heavy atom. The van der Waals surface area contributed by atoms with Crippen molar-refractivity contribution >= 4 is 16.6 Å². The third kappa shape index (κ3) is 2.18. The van der Waals surface area contributed by atoms with Crippen LogP contribution in [0.1, 0.15) is 30.7 Å². The summed E-state index contributed by atoms with van der Waals surface area (Å²) in [5.41, 5.74) is 0.929. The van der Waals surface area contributed by atoms with Crippen molar-refractivity contribution < 1.29 is 9.72 Å². The summed E-state index contributed by atoms with van der Waals surface area (Å²) in [4.78, 5) is 22.8. The molecule has 1 fully saturated rings. The summed E-state index contributed by atoms with van der Waals surface area (Å²) in [6.07, 6.45) is 0.951. The number of fused-ring (bicyclic) bond motifs is 1. The Bertz CT molecular complexity index is 675. The van der Waals surface area contributed by atoms with Gasteiger partial charge in [0.05, 0.1) is 5.92 Å². The number of carbonyl (C=O) groups is 1. The standard InChI is InChI=1S/C16H15NO3/c18-12-8-9-16(17(19)20)15(10-12)14-7-3-5-11-4-1-2-6-13(11)14/h1-7,15-16H,8-10H2/t15-,16+/m0/s1. The molecule has 0 unspecified atom stereocenters. The number of nitro groups is 1. The van der Waals surface area contributed by atoms with Crippen LogP contribution in [0.25, 0.3) is 10.8 Å². The maximum Gasteiger partial charge on any atom is 0.220 e. The van der Waals surface area contributed by atoms with Crippen molar-refractivity contribution in [2.75, 3.05) is 0 Å². The molecular weight excluding hydrogens is 254 g/mol. The van der Waals surface area contributed by atoms with E-state index in [1.165, 1.54) is 0 Å². The second-order valence-electron chi connectivity index (χ2n) is 5.31. The van der Waals surface area contributed by atoms with Gasteiger partial charge in [0.15, 0.2) is 0 Å². The fraction of sp³-hybridized carbons (Fsp3) is 0.312. The van der Waals surface area contributed by atoms with Crippen LogP contribution >= 0.6 is 0 Å². The summed E-state index contributed by atoms with van der Waals surface area (Å²) in [7, 11) is 0. The van der Waals surface area contributed by atoms with Crippen LogP contribution < -0.4 is 0 Å². The number of hydrogen-bond donors (Lipinski definition) is 0. The molecule has 0 saturated heterocycles. The van der Waals surface area contributed by atoms with Gasteiger partial charge >= 0.3 is 0 Å². The zero-order chi connectivity index (χ0) is 14.1. The fourth-order valence-corrected chi connectivity index (χ4v) is 3.14. The van der Waals surface area contributed by atoms with Gasteiger partial charge in [-0.3, -0.25) is 14.9 Å². The SMILES string of the molecule is O=C1CC[C@@H]([N+](=O)[O-])[C@H](c2cccc3ccccc23)C1. The summed E-state index contributed by atoms with van der Waals surface area (Å²) < 4.78 is 0. The molecule has 1 aliphatic carbocycles. The molecule has 2 aromatic rings. The maximum atomic E-state index is 11.7. The lowest BCUT2D eigenvalue weighted by Gasteiger charge is -2.26. The molecular formula is C16H15NO3. The van der Waals surface area contributed by atoms with E-state index in [-0.39, 0.29) is 23.0 Å². The third-order valence-corrected chi connectivity index (χ3v) is 4.12. The van der Waals surface area contributed by atoms with Crippen LogP contribution in [0.2, 0.25) is 0 Å². The number of ketones is 1. The zero-order valence-electron chi connectivity index (χ0n) is 11.0. The van der Waals surface area contributed by atoms with Crippen LogP contribution in [-0.2, 0) is 4.79 Å². The minimum atomic E-state index is -0.654. The van der Waals surface area contributed by atoms with Crippen molar-refractivity contribution in [3.8, 4) is 0 Å². The van der Waals surface area contributed by atoms with Gasteiger partial charge in [-0.05, 0) is 16.3 Å². The summed E-state index contributed by atoms with van der Waals surface area (Å²) in [5, 5.41) is 13.4. The molecule has 0 aromatic heterocycles. The van der Waals surface area contributed by atoms with E-state index in [4.69, 9.17) is 0 Å². The molecule has 102 valence electrons. The van der Waals surface area contributed by atoms with E-state index in [0.29, 0.717) is 12.8 Å². The van der Waals surface area contributed by atoms with Gasteiger partial charge in [0.1, 0.15) is 5.78 Å². The van der Waals surface area contributed by atoms with Crippen LogP contribution in [0.4, 0.5) is 0 Å². The van der Waals surface area contributed by atoms with Gasteiger partial charge in [-0.2, -0.15) is 0 Å². The highest BCUT2D eigenvalue weighted by molar-refractivity contribution is 5.88. The summed E-state index contributed by atoms with van der Waals surface area (Å²) >= 11 is 0. The van der Waals surface area contributed by atoms with Gasteiger partial charge in [-0.15, -0.1) is 0 Å². The lowest BCUT2D eigenvalue weighted by molar-refractivity contribution is -0.528. The van der Waals surface area contributed by atoms with E-state index in [1.54, 1.807) is 0 Å². The van der Waals surface area contributed by atoms with E-state index >= 15 is 0 Å². The molecule has 20 heavy (non-hydrogen) atoms. The van der Waals surface area contributed by atoms with E-state index in [1.807, 2.05) is 42.5 Å². The van der Waals surface area contributed by atoms with Gasteiger partial charge < -0.3 is 0 Å². The lowest BCUT2D eigenvalue weighted by Crippen LogP contribution is -2.34. The maximum absolute atomic E-state index is 11.7. The first kappa shape index (κ1) is 12.8. The molecule has 0 heterocycles. The van der Waals surface area contributed by atoms with Crippen molar-refractivity contribution in [2.45, 2.75) is 31.2 Å². The summed E-state index contributed by atoms with van der Waals surface area (Å²) in [6, 6.07) is 13.0. The second kappa shape index (κ2) is 5.04. The number of Topliss-reactive ketones (excluding diaryl/α,β-unsaturated/α-hetero) is 1. The Balaban J connectivity index is 2.12. The molecule has 0 spiro atoms. The first-order valence-corrected chi connectivity index (χ1v) is 6.79. The Morgan fingerprint density at radius 1 is 1.10 bits per heavy atom. The zero-order valence-corrected chi connectivity index (χ0v) is 11.0. The largest absolute Gasteiger partial charge is 0.300 e. The average Bonchev–Trinajstić information content (AvgIpc) is 2.46. The van der Waals surface area contributed by atoms with Crippen LogP contribution in [0.15, 0.2) is 42.5 Å². The monoisotopic (exact) mass is 269 g/mol. The molecule has 2 aromatic carbocycles. The van der Waals surface area contributed by atoms with Crippen molar-refractivity contribution in [3.05, 3.63) is 58.1 Å². The van der Waals surface area contributed by atoms with Gasteiger partial charge in [0.25, 0.3) is 0 Å². The highest BCUT2D eigenvalue weighted by Gasteiger charge is 2.38. The number of hydrogen-bond acceptors (Lipinski definition) is 3. The summed E-state index contributed by atoms with van der Waals surface area (Å²) in [6.45, 7) is 0. The Hall–Kier alpha value is -2.23. The molecule has 4 heteroatoms. The van der Waals surface area contributed by atoms with Crippen LogP contribution in [-0.4, -0.2) is 16.7 Å². The van der Waals surface area contributed by atoms with Gasteiger partial charge in [0, 0.05) is 24.2 Å². The van der Waals surface area contributed by atoms with Crippen LogP contribution in [0, 0.1) is 10.1 Å². The molecule has 0 amide bonds. The Morgan fingerprint density at radius 2 is 1.85 bits per heavy atom. The predicted molar refractivity (Wildman–Crippen MR) is 76.3 cm³/mol. The molecule has 3 rings (SSSR count). The molecule has 1 aliphatic rings. The van der Waals surface area contributed by atoms with Crippen LogP contribution in [0.3, 0.4) is 0 Å². The van der Waals surface area contributed by atoms with Crippen LogP contribution in [0.5, 0.6) is 0 Å². The molecule has 4 nitrogen and oxygen atoms in total. The average molecular weight is 269 g/mol. The van der Waals surface area contributed by atoms with E-state index < -0.39 is 6.04 Å². The molecule has 0 aliphatic heterocycles. The normalized spacial score (nSPS) is 22.9. The molecule has 1 saturated carbocycles. The molecule has 0 radical (unpaired) electrons. The number of nitrogens with zero attached hydrogens (tertiary/aromatic N) is 1. The van der Waals surface area contributed by atoms with Gasteiger partial charge in [-0.25, -0.2) is 0 Å². The second-order valence-corrected chi connectivity index (χ2v) is 5.31. The van der Waals surface area contributed by atoms with Crippen molar-refractivity contribution in [1.29, 1.82) is 0 Å². The summed E-state index contributed by atoms with van der Waals surface area (Å²) in [5.74, 6) is -0.182. The van der Waals surface area contributed by atoms with Gasteiger partial charge in [0.2, 0.25) is 6.04 Å². The molecule has 0 N–H and O–H groups in total. The fourth-order valence-electron chi connectivity index (χ4n) is 3.14. The smallest absolute Gasteiger partial charge is 0.220 e. The number of carbonyl (C=O) groups excluding carboxylic acids is 1. The van der Waals surface area contributed by atoms with E-state index in [2.05, 4.69) is 0 Å². The van der Waals surface area contributed by atoms with Crippen molar-refractivity contribution in [2.24, 2.45) is 0 Å². The van der Waals surface area contributed by atoms with Gasteiger partial charge in [-0.1, -0.05) is 42.5 Å². The van der Waals surface area contributed by atoms with E-state index in [9.17, 15) is 14.9 Å². The highest BCUT2D eigenvalue weighted by Crippen LogP contribution is 2.36. The lowest BCUT2D eigenvalue weighted by atomic mass is 9.78. The number of benzene rings is 2. The Kier molecular flexibility index (Phi) is 3.22. The van der Waals surface area contributed by atoms with Crippen molar-refractivity contribution in [3.63, 3.8) is 0 Å². The minimum absolute atomic E-state index is 0.126. The van der Waals surface area contributed by atoms with Crippen molar-refractivity contribution in [1.82, 2.24) is 0 Å². The molecule has 2 atom stereocenters. The van der Waals surface area contributed by atoms with E-state index in [0.717, 1.165) is 16.3 Å². The number of rotatable bonds is 2. The first-order chi connectivity index (χ1) is 9.66.